The molecule has 0 aliphatic rings. The molecule has 2 rings (SSSR count). The number of hydrogen-bond acceptors (Lipinski definition) is 5. The molecule has 0 bridgehead atoms. The van der Waals surface area contributed by atoms with Crippen LogP contribution in [0, 0.1) is 5.92 Å². The molecule has 9 nitrogen and oxygen atoms in total. The molecule has 0 fully saturated rings. The molecule has 0 aliphatic carbocycles. The summed E-state index contributed by atoms with van der Waals surface area (Å²) in [4.78, 5) is 54.5. The second-order valence-electron chi connectivity index (χ2n) is 6.40. The van der Waals surface area contributed by atoms with E-state index in [2.05, 4.69) is 15.3 Å². The van der Waals surface area contributed by atoms with Crippen molar-refractivity contribution in [1.82, 2.24) is 19.9 Å². The van der Waals surface area contributed by atoms with E-state index in [-0.39, 0.29) is 35.6 Å². The Hall–Kier alpha value is -2.97. The third kappa shape index (κ3) is 3.66. The molecule has 0 aromatic carbocycles. The molecule has 0 saturated carbocycles. The molecule has 3 N–H and O–H groups in total. The van der Waals surface area contributed by atoms with Crippen molar-refractivity contribution in [2.75, 3.05) is 6.54 Å². The van der Waals surface area contributed by atoms with E-state index < -0.39 is 29.0 Å². The molecule has 2 heterocycles. The van der Waals surface area contributed by atoms with Crippen LogP contribution in [-0.2, 0) is 11.3 Å². The molecule has 2 aromatic heterocycles. The van der Waals surface area contributed by atoms with Crippen molar-refractivity contribution < 1.29 is 14.7 Å². The molecule has 140 valence electrons. The average molecular weight is 362 g/mol. The van der Waals surface area contributed by atoms with E-state index in [9.17, 15) is 19.2 Å². The summed E-state index contributed by atoms with van der Waals surface area (Å²) in [6.07, 6.45) is 0. The van der Waals surface area contributed by atoms with Gasteiger partial charge in [-0.05, 0) is 18.9 Å². The maximum absolute atomic E-state index is 12.6. The highest BCUT2D eigenvalue weighted by Crippen LogP contribution is 2.19. The maximum atomic E-state index is 12.6. The Morgan fingerprint density at radius 3 is 2.50 bits per heavy atom. The number of nitrogens with zero attached hydrogens (tertiary/aromatic N) is 2. The van der Waals surface area contributed by atoms with E-state index in [1.54, 1.807) is 6.92 Å². The summed E-state index contributed by atoms with van der Waals surface area (Å²) in [5.74, 6) is -2.43. The highest BCUT2D eigenvalue weighted by Gasteiger charge is 2.21. The Kier molecular flexibility index (Phi) is 5.59. The lowest BCUT2D eigenvalue weighted by atomic mass is 10.0. The second kappa shape index (κ2) is 7.51. The van der Waals surface area contributed by atoms with Gasteiger partial charge in [-0.25, -0.2) is 9.78 Å². The summed E-state index contributed by atoms with van der Waals surface area (Å²) in [5.41, 5.74) is -0.525. The van der Waals surface area contributed by atoms with Crippen LogP contribution in [-0.4, -0.2) is 38.1 Å². The first kappa shape index (κ1) is 19.4. The third-order valence-corrected chi connectivity index (χ3v) is 4.11. The Labute approximate surface area is 149 Å². The zero-order chi connectivity index (χ0) is 19.6. The summed E-state index contributed by atoms with van der Waals surface area (Å²) in [6, 6.07) is 1.51. The zero-order valence-electron chi connectivity index (χ0n) is 15.1. The highest BCUT2D eigenvalue weighted by molar-refractivity contribution is 6.05. The van der Waals surface area contributed by atoms with Gasteiger partial charge in [0, 0.05) is 18.8 Å². The van der Waals surface area contributed by atoms with Crippen molar-refractivity contribution in [1.29, 1.82) is 0 Å². The number of aliphatic carboxylic acids is 1. The smallest absolute Gasteiger partial charge is 0.329 e. The maximum Gasteiger partial charge on any atom is 0.329 e. The number of rotatable bonds is 6. The predicted octanol–water partition coefficient (Wildman–Crippen LogP) is 0.679. The molecule has 0 aliphatic heterocycles. The zero-order valence-corrected chi connectivity index (χ0v) is 15.1. The van der Waals surface area contributed by atoms with Crippen LogP contribution >= 0.6 is 0 Å². The summed E-state index contributed by atoms with van der Waals surface area (Å²) < 4.78 is 1.29. The van der Waals surface area contributed by atoms with E-state index >= 15 is 0 Å². The Morgan fingerprint density at radius 2 is 1.96 bits per heavy atom. The lowest BCUT2D eigenvalue weighted by molar-refractivity contribution is -0.140. The molecule has 1 unspecified atom stereocenters. The van der Waals surface area contributed by atoms with Crippen molar-refractivity contribution in [3.05, 3.63) is 38.2 Å². The number of fused-ring (bicyclic) bond motifs is 1. The molecule has 0 saturated heterocycles. The minimum Gasteiger partial charge on any atom is -0.481 e. The Balaban J connectivity index is 2.67. The van der Waals surface area contributed by atoms with Gasteiger partial charge in [0.1, 0.15) is 0 Å². The number of aryl methyl sites for hydroxylation is 1. The van der Waals surface area contributed by atoms with Crippen molar-refractivity contribution in [3.63, 3.8) is 0 Å². The van der Waals surface area contributed by atoms with Crippen LogP contribution in [0.4, 0.5) is 0 Å². The van der Waals surface area contributed by atoms with Gasteiger partial charge in [-0.15, -0.1) is 0 Å². The molecular formula is C17H22N4O5. The topological polar surface area (TPSA) is 134 Å². The molecule has 0 spiro atoms. The third-order valence-electron chi connectivity index (χ3n) is 4.11. The van der Waals surface area contributed by atoms with E-state index in [0.29, 0.717) is 5.69 Å². The van der Waals surface area contributed by atoms with Gasteiger partial charge in [-0.3, -0.25) is 23.9 Å². The first-order chi connectivity index (χ1) is 12.2. The molecule has 26 heavy (non-hydrogen) atoms. The van der Waals surface area contributed by atoms with Crippen LogP contribution < -0.4 is 16.6 Å². The molecule has 1 amide bonds. The van der Waals surface area contributed by atoms with Crippen LogP contribution in [0.3, 0.4) is 0 Å². The van der Waals surface area contributed by atoms with Crippen LogP contribution in [0.25, 0.3) is 11.0 Å². The summed E-state index contributed by atoms with van der Waals surface area (Å²) >= 11 is 0. The van der Waals surface area contributed by atoms with Crippen LogP contribution in [0.1, 0.15) is 49.7 Å². The van der Waals surface area contributed by atoms with E-state index in [4.69, 9.17) is 5.11 Å². The van der Waals surface area contributed by atoms with Crippen molar-refractivity contribution in [2.24, 2.45) is 5.92 Å². The van der Waals surface area contributed by atoms with E-state index in [0.717, 1.165) is 0 Å². The number of amides is 1. The largest absolute Gasteiger partial charge is 0.481 e. The van der Waals surface area contributed by atoms with Crippen LogP contribution in [0.2, 0.25) is 0 Å². The first-order valence-electron chi connectivity index (χ1n) is 8.36. The number of nitrogens with one attached hydrogen (secondary N) is 2. The number of carbonyl (C=O) groups is 2. The SMILES string of the molecule is CCn1c(=O)[nH]c(=O)c2c(C(=O)NCC(C)C(=O)O)cc(C(C)C)nc21. The minimum absolute atomic E-state index is 0.0105. The van der Waals surface area contributed by atoms with E-state index in [1.807, 2.05) is 13.8 Å². The van der Waals surface area contributed by atoms with Gasteiger partial charge in [-0.1, -0.05) is 20.8 Å². The summed E-state index contributed by atoms with van der Waals surface area (Å²) in [6.45, 7) is 7.15. The van der Waals surface area contributed by atoms with Gasteiger partial charge in [0.05, 0.1) is 16.9 Å². The van der Waals surface area contributed by atoms with Crippen molar-refractivity contribution in [3.8, 4) is 0 Å². The molecule has 0 radical (unpaired) electrons. The number of aromatic amines is 1. The fourth-order valence-electron chi connectivity index (χ4n) is 2.49. The number of hydrogen-bond donors (Lipinski definition) is 3. The Morgan fingerprint density at radius 1 is 1.31 bits per heavy atom. The first-order valence-corrected chi connectivity index (χ1v) is 8.36. The van der Waals surface area contributed by atoms with Crippen molar-refractivity contribution in [2.45, 2.75) is 40.2 Å². The minimum atomic E-state index is -1.04. The predicted molar refractivity (Wildman–Crippen MR) is 95.5 cm³/mol. The Bertz CT molecular complexity index is 974. The summed E-state index contributed by atoms with van der Waals surface area (Å²) in [5, 5.41) is 11.5. The monoisotopic (exact) mass is 362 g/mol. The lowest BCUT2D eigenvalue weighted by Gasteiger charge is -2.14. The van der Waals surface area contributed by atoms with Gasteiger partial charge in [0.2, 0.25) is 0 Å². The average Bonchev–Trinajstić information content (AvgIpc) is 2.58. The highest BCUT2D eigenvalue weighted by atomic mass is 16.4. The normalized spacial score (nSPS) is 12.3. The van der Waals surface area contributed by atoms with Crippen molar-refractivity contribution >= 4 is 22.9 Å². The van der Waals surface area contributed by atoms with Crippen LogP contribution in [0.15, 0.2) is 15.7 Å². The number of carboxylic acid groups (broad SMARTS) is 1. The van der Waals surface area contributed by atoms with Crippen LogP contribution in [0.5, 0.6) is 0 Å². The quantitative estimate of drug-likeness (QED) is 0.692. The number of aromatic nitrogens is 3. The van der Waals surface area contributed by atoms with Gasteiger partial charge in [-0.2, -0.15) is 0 Å². The fraction of sp³-hybridized carbons (Fsp3) is 0.471. The number of carboxylic acids is 1. The van der Waals surface area contributed by atoms with Gasteiger partial charge in [0.15, 0.2) is 5.65 Å². The van der Waals surface area contributed by atoms with Gasteiger partial charge >= 0.3 is 11.7 Å². The molecule has 2 aromatic rings. The number of carbonyl (C=O) groups excluding carboxylic acids is 1. The standard InChI is InChI=1S/C17H22N4O5/c1-5-21-13-12(15(23)20-17(21)26)10(6-11(19-13)8(2)3)14(22)18-7-9(4)16(24)25/h6,8-9H,5,7H2,1-4H3,(H,18,22)(H,24,25)(H,20,23,26). The molecular weight excluding hydrogens is 340 g/mol. The van der Waals surface area contributed by atoms with Gasteiger partial charge < -0.3 is 10.4 Å². The fourth-order valence-corrected chi connectivity index (χ4v) is 2.49. The molecule has 9 heteroatoms. The summed E-state index contributed by atoms with van der Waals surface area (Å²) in [7, 11) is 0. The number of H-pyrrole nitrogens is 1. The molecule has 1 atom stereocenters. The lowest BCUT2D eigenvalue weighted by Crippen LogP contribution is -2.35. The van der Waals surface area contributed by atoms with Gasteiger partial charge in [0.25, 0.3) is 11.5 Å². The van der Waals surface area contributed by atoms with E-state index in [1.165, 1.54) is 17.6 Å². The number of pyridine rings is 1. The second-order valence-corrected chi connectivity index (χ2v) is 6.40.